The van der Waals surface area contributed by atoms with Gasteiger partial charge in [0.15, 0.2) is 0 Å². The molecule has 0 spiro atoms. The fourth-order valence-electron chi connectivity index (χ4n) is 2.38. The average Bonchev–Trinajstić information content (AvgIpc) is 2.78. The number of nitrogens with zero attached hydrogens (tertiary/aromatic N) is 2. The molecular weight excluding hydrogens is 245 g/mol. The molecule has 1 heterocycles. The van der Waals surface area contributed by atoms with Gasteiger partial charge < -0.3 is 10.3 Å². The quantitative estimate of drug-likeness (QED) is 0.922. The maximum absolute atomic E-state index is 13.3. The number of halogens is 1. The zero-order valence-corrected chi connectivity index (χ0v) is 10.8. The van der Waals surface area contributed by atoms with Gasteiger partial charge in [-0.2, -0.15) is 4.98 Å². The predicted molar refractivity (Wildman–Crippen MR) is 68.9 cm³/mol. The fourth-order valence-corrected chi connectivity index (χ4v) is 2.38. The lowest BCUT2D eigenvalue weighted by molar-refractivity contribution is 0.222. The molecule has 1 saturated carbocycles. The zero-order chi connectivity index (χ0) is 13.5. The maximum atomic E-state index is 13.3. The first-order valence-corrected chi connectivity index (χ1v) is 6.44. The molecule has 0 saturated heterocycles. The third kappa shape index (κ3) is 2.38. The molecule has 1 aliphatic rings. The molecule has 0 unspecified atom stereocenters. The third-order valence-corrected chi connectivity index (χ3v) is 3.76. The van der Waals surface area contributed by atoms with Crippen molar-refractivity contribution >= 4 is 0 Å². The summed E-state index contributed by atoms with van der Waals surface area (Å²) in [6.45, 7) is 1.89. The van der Waals surface area contributed by atoms with Crippen LogP contribution in [0.4, 0.5) is 4.39 Å². The highest BCUT2D eigenvalue weighted by Crippen LogP contribution is 2.32. The SMILES string of the molecule is Cc1ccc(F)cc1-c1noc(CC2(N)CCC2)n1. The van der Waals surface area contributed by atoms with Crippen LogP contribution >= 0.6 is 0 Å². The van der Waals surface area contributed by atoms with Crippen LogP contribution in [0.3, 0.4) is 0 Å². The van der Waals surface area contributed by atoms with Crippen LogP contribution in [-0.4, -0.2) is 15.7 Å². The van der Waals surface area contributed by atoms with Crippen molar-refractivity contribution in [3.05, 3.63) is 35.5 Å². The first kappa shape index (κ1) is 12.3. The highest BCUT2D eigenvalue weighted by molar-refractivity contribution is 5.59. The molecule has 0 aliphatic heterocycles. The van der Waals surface area contributed by atoms with Crippen molar-refractivity contribution in [2.24, 2.45) is 5.73 Å². The number of nitrogens with two attached hydrogens (primary N) is 1. The summed E-state index contributed by atoms with van der Waals surface area (Å²) in [6, 6.07) is 4.55. The van der Waals surface area contributed by atoms with Gasteiger partial charge in [-0.1, -0.05) is 11.2 Å². The van der Waals surface area contributed by atoms with E-state index in [2.05, 4.69) is 10.1 Å². The van der Waals surface area contributed by atoms with Crippen LogP contribution in [0, 0.1) is 12.7 Å². The van der Waals surface area contributed by atoms with E-state index in [1.54, 1.807) is 6.07 Å². The number of hydrogen-bond acceptors (Lipinski definition) is 4. The summed E-state index contributed by atoms with van der Waals surface area (Å²) >= 11 is 0. The maximum Gasteiger partial charge on any atom is 0.228 e. The van der Waals surface area contributed by atoms with Crippen molar-refractivity contribution in [3.63, 3.8) is 0 Å². The molecule has 2 aromatic rings. The van der Waals surface area contributed by atoms with Crippen LogP contribution in [-0.2, 0) is 6.42 Å². The molecule has 0 atom stereocenters. The molecule has 4 nitrogen and oxygen atoms in total. The summed E-state index contributed by atoms with van der Waals surface area (Å²) in [7, 11) is 0. The molecule has 1 aromatic carbocycles. The first-order chi connectivity index (χ1) is 9.06. The summed E-state index contributed by atoms with van der Waals surface area (Å²) in [5.74, 6) is 0.650. The predicted octanol–water partition coefficient (Wildman–Crippen LogP) is 2.61. The second-order valence-corrected chi connectivity index (χ2v) is 5.36. The summed E-state index contributed by atoms with van der Waals surface area (Å²) in [6.07, 6.45) is 3.72. The van der Waals surface area contributed by atoms with E-state index in [0.29, 0.717) is 23.7 Å². The Morgan fingerprint density at radius 1 is 1.42 bits per heavy atom. The van der Waals surface area contributed by atoms with E-state index in [0.717, 1.165) is 24.8 Å². The third-order valence-electron chi connectivity index (χ3n) is 3.76. The van der Waals surface area contributed by atoms with Gasteiger partial charge in [-0.05, 0) is 43.9 Å². The van der Waals surface area contributed by atoms with E-state index >= 15 is 0 Å². The topological polar surface area (TPSA) is 64.9 Å². The number of rotatable bonds is 3. The Bertz CT molecular complexity index is 604. The summed E-state index contributed by atoms with van der Waals surface area (Å²) in [5.41, 5.74) is 7.53. The van der Waals surface area contributed by atoms with E-state index in [1.807, 2.05) is 6.92 Å². The van der Waals surface area contributed by atoms with Gasteiger partial charge >= 0.3 is 0 Å². The molecule has 2 N–H and O–H groups in total. The largest absolute Gasteiger partial charge is 0.339 e. The van der Waals surface area contributed by atoms with Gasteiger partial charge in [-0.3, -0.25) is 0 Å². The van der Waals surface area contributed by atoms with E-state index in [4.69, 9.17) is 10.3 Å². The number of aromatic nitrogens is 2. The Hall–Kier alpha value is -1.75. The first-order valence-electron chi connectivity index (χ1n) is 6.44. The Kier molecular flexibility index (Phi) is 2.86. The van der Waals surface area contributed by atoms with Crippen LogP contribution in [0.25, 0.3) is 11.4 Å². The highest BCUT2D eigenvalue weighted by Gasteiger charge is 2.34. The van der Waals surface area contributed by atoms with E-state index in [-0.39, 0.29) is 11.4 Å². The van der Waals surface area contributed by atoms with E-state index < -0.39 is 0 Å². The molecule has 1 fully saturated rings. The van der Waals surface area contributed by atoms with Gasteiger partial charge in [0.05, 0.1) is 0 Å². The second-order valence-electron chi connectivity index (χ2n) is 5.36. The van der Waals surface area contributed by atoms with Crippen molar-refractivity contribution in [1.29, 1.82) is 0 Å². The summed E-state index contributed by atoms with van der Waals surface area (Å²) in [4.78, 5) is 4.33. The molecule has 1 aliphatic carbocycles. The van der Waals surface area contributed by atoms with E-state index in [9.17, 15) is 4.39 Å². The molecule has 19 heavy (non-hydrogen) atoms. The Morgan fingerprint density at radius 3 is 2.89 bits per heavy atom. The van der Waals surface area contributed by atoms with Crippen LogP contribution < -0.4 is 5.73 Å². The van der Waals surface area contributed by atoms with Gasteiger partial charge in [0.25, 0.3) is 0 Å². The molecule has 5 heteroatoms. The second kappa shape index (κ2) is 4.42. The minimum Gasteiger partial charge on any atom is -0.339 e. The van der Waals surface area contributed by atoms with Crippen LogP contribution in [0.5, 0.6) is 0 Å². The molecular formula is C14H16FN3O. The van der Waals surface area contributed by atoms with E-state index in [1.165, 1.54) is 12.1 Å². The standard InChI is InChI=1S/C14H16FN3O/c1-9-3-4-10(15)7-11(9)13-17-12(19-18-13)8-14(16)5-2-6-14/h3-4,7H,2,5-6,8,16H2,1H3. The number of benzene rings is 1. The van der Waals surface area contributed by atoms with Gasteiger partial charge in [0.1, 0.15) is 5.82 Å². The molecule has 1 aromatic heterocycles. The zero-order valence-electron chi connectivity index (χ0n) is 10.8. The van der Waals surface area contributed by atoms with Crippen LogP contribution in [0.1, 0.15) is 30.7 Å². The lowest BCUT2D eigenvalue weighted by Crippen LogP contribution is -2.48. The van der Waals surface area contributed by atoms with Crippen molar-refractivity contribution in [1.82, 2.24) is 10.1 Å². The van der Waals surface area contributed by atoms with Gasteiger partial charge in [0, 0.05) is 17.5 Å². The van der Waals surface area contributed by atoms with Crippen molar-refractivity contribution in [3.8, 4) is 11.4 Å². The molecule has 3 rings (SSSR count). The molecule has 100 valence electrons. The van der Waals surface area contributed by atoms with Crippen molar-refractivity contribution < 1.29 is 8.91 Å². The lowest BCUT2D eigenvalue weighted by Gasteiger charge is -2.36. The molecule has 0 amide bonds. The number of hydrogen-bond donors (Lipinski definition) is 1. The smallest absolute Gasteiger partial charge is 0.228 e. The highest BCUT2D eigenvalue weighted by atomic mass is 19.1. The normalized spacial score (nSPS) is 17.2. The summed E-state index contributed by atoms with van der Waals surface area (Å²) < 4.78 is 18.5. The minimum atomic E-state index is -0.304. The lowest BCUT2D eigenvalue weighted by atomic mass is 9.75. The number of aryl methyl sites for hydroxylation is 1. The Labute approximate surface area is 110 Å². The van der Waals surface area contributed by atoms with Crippen molar-refractivity contribution in [2.75, 3.05) is 0 Å². The molecule has 0 bridgehead atoms. The van der Waals surface area contributed by atoms with Crippen molar-refractivity contribution in [2.45, 2.75) is 38.1 Å². The van der Waals surface area contributed by atoms with Gasteiger partial charge in [0.2, 0.25) is 11.7 Å². The average molecular weight is 261 g/mol. The fraction of sp³-hybridized carbons (Fsp3) is 0.429. The summed E-state index contributed by atoms with van der Waals surface area (Å²) in [5, 5.41) is 3.92. The van der Waals surface area contributed by atoms with Crippen LogP contribution in [0.2, 0.25) is 0 Å². The Morgan fingerprint density at radius 2 is 2.21 bits per heavy atom. The minimum absolute atomic E-state index is 0.194. The Balaban J connectivity index is 1.86. The van der Waals surface area contributed by atoms with Gasteiger partial charge in [-0.15, -0.1) is 0 Å². The molecule has 0 radical (unpaired) electrons. The van der Waals surface area contributed by atoms with Crippen LogP contribution in [0.15, 0.2) is 22.7 Å². The van der Waals surface area contributed by atoms with Gasteiger partial charge in [-0.25, -0.2) is 4.39 Å². The monoisotopic (exact) mass is 261 g/mol.